The molecule has 0 bridgehead atoms. The molecule has 9 heteroatoms. The van der Waals surface area contributed by atoms with Crippen LogP contribution in [0.1, 0.15) is 11.4 Å². The fourth-order valence-electron chi connectivity index (χ4n) is 1.25. The van der Waals surface area contributed by atoms with Crippen molar-refractivity contribution in [2.75, 3.05) is 0 Å². The molecule has 2 aromatic rings. The van der Waals surface area contributed by atoms with Crippen LogP contribution in [0, 0.1) is 11.3 Å². The van der Waals surface area contributed by atoms with Gasteiger partial charge in [-0.3, -0.25) is 4.79 Å². The Hall–Kier alpha value is -2.60. The second-order valence-corrected chi connectivity index (χ2v) is 4.02. The van der Waals surface area contributed by atoms with Gasteiger partial charge in [-0.15, -0.1) is 5.10 Å². The quantitative estimate of drug-likeness (QED) is 0.805. The Labute approximate surface area is 115 Å². The predicted molar refractivity (Wildman–Crippen MR) is 67.8 cm³/mol. The van der Waals surface area contributed by atoms with Crippen molar-refractivity contribution >= 4 is 33.6 Å². The van der Waals surface area contributed by atoms with E-state index in [9.17, 15) is 4.79 Å². The van der Waals surface area contributed by atoms with Gasteiger partial charge in [-0.2, -0.15) is 5.26 Å². The Morgan fingerprint density at radius 3 is 2.58 bits per heavy atom. The normalized spacial score (nSPS) is 11.1. The third-order valence-electron chi connectivity index (χ3n) is 2.07. The molecule has 2 rings (SSSR count). The molecular formula is C10H6BrN7O. The summed E-state index contributed by atoms with van der Waals surface area (Å²) in [5.41, 5.74) is 5.83. The van der Waals surface area contributed by atoms with Gasteiger partial charge in [0.25, 0.3) is 5.91 Å². The van der Waals surface area contributed by atoms with Gasteiger partial charge in [0, 0.05) is 24.2 Å². The lowest BCUT2D eigenvalue weighted by Crippen LogP contribution is -2.14. The first-order valence-electron chi connectivity index (χ1n) is 4.91. The highest BCUT2D eigenvalue weighted by Gasteiger charge is 2.10. The first-order valence-corrected chi connectivity index (χ1v) is 5.70. The SMILES string of the molecule is N#Cc1ncc(/C(=C\n2cnc(Br)n2)C(N)=O)cn1. The van der Waals surface area contributed by atoms with Gasteiger partial charge in [0.05, 0.1) is 5.57 Å². The van der Waals surface area contributed by atoms with E-state index in [1.54, 1.807) is 6.07 Å². The molecule has 0 spiro atoms. The van der Waals surface area contributed by atoms with Crippen LogP contribution in [0.3, 0.4) is 0 Å². The molecule has 8 nitrogen and oxygen atoms in total. The van der Waals surface area contributed by atoms with Crippen LogP contribution in [0.4, 0.5) is 0 Å². The molecule has 0 aliphatic heterocycles. The first kappa shape index (κ1) is 12.8. The molecule has 2 heterocycles. The lowest BCUT2D eigenvalue weighted by molar-refractivity contribution is -0.112. The molecule has 0 aromatic carbocycles. The second kappa shape index (κ2) is 5.36. The zero-order valence-electron chi connectivity index (χ0n) is 9.36. The predicted octanol–water partition coefficient (Wildman–Crippen LogP) is 0.186. The minimum absolute atomic E-state index is 0.0103. The fraction of sp³-hybridized carbons (Fsp3) is 0. The van der Waals surface area contributed by atoms with Crippen LogP contribution in [-0.2, 0) is 4.79 Å². The summed E-state index contributed by atoms with van der Waals surface area (Å²) in [6.45, 7) is 0. The number of rotatable bonds is 3. The monoisotopic (exact) mass is 319 g/mol. The van der Waals surface area contributed by atoms with Crippen molar-refractivity contribution in [3.05, 3.63) is 34.8 Å². The van der Waals surface area contributed by atoms with Gasteiger partial charge in [0.1, 0.15) is 12.4 Å². The van der Waals surface area contributed by atoms with Crippen LogP contribution >= 0.6 is 15.9 Å². The third-order valence-corrected chi connectivity index (χ3v) is 2.43. The smallest absolute Gasteiger partial charge is 0.250 e. The van der Waals surface area contributed by atoms with Crippen molar-refractivity contribution < 1.29 is 4.79 Å². The van der Waals surface area contributed by atoms with E-state index >= 15 is 0 Å². The maximum atomic E-state index is 11.4. The maximum absolute atomic E-state index is 11.4. The Balaban J connectivity index is 2.43. The number of primary amides is 1. The summed E-state index contributed by atoms with van der Waals surface area (Å²) >= 11 is 3.08. The van der Waals surface area contributed by atoms with E-state index in [2.05, 4.69) is 36.0 Å². The largest absolute Gasteiger partial charge is 0.366 e. The van der Waals surface area contributed by atoms with Gasteiger partial charge in [0.15, 0.2) is 0 Å². The van der Waals surface area contributed by atoms with E-state index in [-0.39, 0.29) is 11.4 Å². The lowest BCUT2D eigenvalue weighted by atomic mass is 10.1. The molecule has 94 valence electrons. The third kappa shape index (κ3) is 2.99. The summed E-state index contributed by atoms with van der Waals surface area (Å²) in [6, 6.07) is 1.78. The van der Waals surface area contributed by atoms with E-state index < -0.39 is 5.91 Å². The Bertz CT molecular complexity index is 683. The average Bonchev–Trinajstić information content (AvgIpc) is 2.81. The minimum atomic E-state index is -0.667. The van der Waals surface area contributed by atoms with E-state index in [1.807, 2.05) is 0 Å². The summed E-state index contributed by atoms with van der Waals surface area (Å²) in [4.78, 5) is 22.8. The van der Waals surface area contributed by atoms with Crippen molar-refractivity contribution in [1.29, 1.82) is 5.26 Å². The molecule has 0 saturated carbocycles. The summed E-state index contributed by atoms with van der Waals surface area (Å²) in [7, 11) is 0. The number of nitriles is 1. The fourth-order valence-corrected chi connectivity index (χ4v) is 1.53. The molecule has 0 saturated heterocycles. The van der Waals surface area contributed by atoms with E-state index in [1.165, 1.54) is 29.6 Å². The van der Waals surface area contributed by atoms with Crippen LogP contribution < -0.4 is 5.73 Å². The topological polar surface area (TPSA) is 123 Å². The van der Waals surface area contributed by atoms with Crippen molar-refractivity contribution in [3.8, 4) is 6.07 Å². The molecule has 0 aliphatic rings. The number of carbonyl (C=O) groups is 1. The molecule has 1 amide bonds. The van der Waals surface area contributed by atoms with Crippen molar-refractivity contribution in [1.82, 2.24) is 24.7 Å². The second-order valence-electron chi connectivity index (χ2n) is 3.31. The number of nitrogens with zero attached hydrogens (tertiary/aromatic N) is 6. The van der Waals surface area contributed by atoms with Gasteiger partial charge in [-0.1, -0.05) is 0 Å². The van der Waals surface area contributed by atoms with Crippen LogP contribution in [-0.4, -0.2) is 30.6 Å². The summed E-state index contributed by atoms with van der Waals surface area (Å²) in [5.74, 6) is -0.656. The zero-order chi connectivity index (χ0) is 13.8. The van der Waals surface area contributed by atoms with E-state index in [0.717, 1.165) is 0 Å². The lowest BCUT2D eigenvalue weighted by Gasteiger charge is -2.02. The van der Waals surface area contributed by atoms with Gasteiger partial charge in [0.2, 0.25) is 10.6 Å². The average molecular weight is 320 g/mol. The molecule has 2 N–H and O–H groups in total. The minimum Gasteiger partial charge on any atom is -0.366 e. The molecular weight excluding hydrogens is 314 g/mol. The summed E-state index contributed by atoms with van der Waals surface area (Å²) < 4.78 is 1.70. The summed E-state index contributed by atoms with van der Waals surface area (Å²) in [6.07, 6.45) is 5.48. The number of aromatic nitrogens is 5. The Morgan fingerprint density at radius 1 is 1.42 bits per heavy atom. The number of carbonyl (C=O) groups excluding carboxylic acids is 1. The number of amides is 1. The summed E-state index contributed by atoms with van der Waals surface area (Å²) in [5, 5.41) is 12.5. The molecule has 2 aromatic heterocycles. The van der Waals surface area contributed by atoms with E-state index in [0.29, 0.717) is 10.3 Å². The maximum Gasteiger partial charge on any atom is 0.250 e. The number of hydrogen-bond donors (Lipinski definition) is 1. The standard InChI is InChI=1S/C10H6BrN7O/c11-10-16-5-18(17-10)4-7(9(13)19)6-2-14-8(1-12)15-3-6/h2-5H,(H2,13,19)/b7-4+. The number of nitrogens with two attached hydrogens (primary N) is 1. The molecule has 0 unspecified atom stereocenters. The molecule has 0 atom stereocenters. The van der Waals surface area contributed by atoms with E-state index in [4.69, 9.17) is 11.0 Å². The highest BCUT2D eigenvalue weighted by molar-refractivity contribution is 9.10. The highest BCUT2D eigenvalue weighted by atomic mass is 79.9. The Kier molecular flexibility index (Phi) is 3.63. The number of halogens is 1. The number of hydrogen-bond acceptors (Lipinski definition) is 6. The molecule has 0 aliphatic carbocycles. The van der Waals surface area contributed by atoms with Crippen LogP contribution in [0.2, 0.25) is 0 Å². The van der Waals surface area contributed by atoms with Crippen LogP contribution in [0.25, 0.3) is 11.8 Å². The highest BCUT2D eigenvalue weighted by Crippen LogP contribution is 2.13. The van der Waals surface area contributed by atoms with Gasteiger partial charge in [-0.25, -0.2) is 19.6 Å². The zero-order valence-corrected chi connectivity index (χ0v) is 10.9. The first-order chi connectivity index (χ1) is 9.10. The van der Waals surface area contributed by atoms with Gasteiger partial charge < -0.3 is 5.73 Å². The van der Waals surface area contributed by atoms with Gasteiger partial charge in [-0.05, 0) is 15.9 Å². The van der Waals surface area contributed by atoms with Crippen molar-refractivity contribution in [3.63, 3.8) is 0 Å². The molecule has 0 fully saturated rings. The van der Waals surface area contributed by atoms with Crippen LogP contribution in [0.5, 0.6) is 0 Å². The van der Waals surface area contributed by atoms with Crippen molar-refractivity contribution in [2.24, 2.45) is 5.73 Å². The van der Waals surface area contributed by atoms with Crippen LogP contribution in [0.15, 0.2) is 23.5 Å². The Morgan fingerprint density at radius 2 is 2.11 bits per heavy atom. The molecule has 19 heavy (non-hydrogen) atoms. The molecule has 0 radical (unpaired) electrons. The van der Waals surface area contributed by atoms with Crippen molar-refractivity contribution in [2.45, 2.75) is 0 Å². The van der Waals surface area contributed by atoms with Gasteiger partial charge >= 0.3 is 0 Å².